The molecular weight excluding hydrogens is 504 g/mol. The number of benzene rings is 1. The van der Waals surface area contributed by atoms with Gasteiger partial charge >= 0.3 is 5.97 Å². The van der Waals surface area contributed by atoms with Gasteiger partial charge in [-0.1, -0.05) is 18.5 Å². The molecule has 29 heavy (non-hydrogen) atoms. The van der Waals surface area contributed by atoms with Gasteiger partial charge in [-0.3, -0.25) is 4.79 Å². The Morgan fingerprint density at radius 2 is 1.97 bits per heavy atom. The highest BCUT2D eigenvalue weighted by Gasteiger charge is 2.31. The lowest BCUT2D eigenvalue weighted by molar-refractivity contribution is 0.0695. The molecule has 10 heteroatoms. The smallest absolute Gasteiger partial charge is 0.341 e. The van der Waals surface area contributed by atoms with Crippen LogP contribution in [-0.2, 0) is 0 Å². The molecule has 0 spiro atoms. The number of fused-ring (bicyclic) bond motifs is 1. The quantitative estimate of drug-likeness (QED) is 0.615. The third-order valence-electron chi connectivity index (χ3n) is 5.36. The van der Waals surface area contributed by atoms with E-state index in [1.54, 1.807) is 6.07 Å². The molecule has 0 bridgehead atoms. The number of carbonyl (C=O) groups is 1. The molecule has 0 amide bonds. The Morgan fingerprint density at radius 1 is 1.31 bits per heavy atom. The Labute approximate surface area is 194 Å². The summed E-state index contributed by atoms with van der Waals surface area (Å²) in [6.45, 7) is 3.68. The summed E-state index contributed by atoms with van der Waals surface area (Å²) in [4.78, 5) is 26.5. The average Bonchev–Trinajstić information content (AvgIpc) is 3.39. The second-order valence-electron chi connectivity index (χ2n) is 7.74. The molecule has 1 aromatic heterocycles. The zero-order valence-corrected chi connectivity index (χ0v) is 19.7. The lowest BCUT2D eigenvalue weighted by atomic mass is 9.96. The van der Waals surface area contributed by atoms with Gasteiger partial charge in [-0.25, -0.2) is 4.79 Å². The van der Waals surface area contributed by atoms with Gasteiger partial charge in [-0.15, -0.1) is 24.8 Å². The molecule has 2 heterocycles. The normalized spacial score (nSPS) is 21.4. The van der Waals surface area contributed by atoms with Crippen LogP contribution in [-0.4, -0.2) is 34.8 Å². The van der Waals surface area contributed by atoms with Gasteiger partial charge in [0, 0.05) is 41.2 Å². The van der Waals surface area contributed by atoms with E-state index in [1.807, 2.05) is 4.57 Å². The first kappa shape index (κ1) is 24.3. The number of pyridine rings is 1. The van der Waals surface area contributed by atoms with Crippen molar-refractivity contribution in [2.24, 2.45) is 11.7 Å². The molecule has 2 aromatic rings. The maximum atomic E-state index is 12.8. The number of hydrogen-bond donors (Lipinski definition) is 2. The van der Waals surface area contributed by atoms with E-state index >= 15 is 0 Å². The van der Waals surface area contributed by atoms with E-state index in [2.05, 4.69) is 27.8 Å². The molecule has 2 fully saturated rings. The van der Waals surface area contributed by atoms with Gasteiger partial charge in [0.15, 0.2) is 0 Å². The van der Waals surface area contributed by atoms with Crippen LogP contribution >= 0.6 is 52.3 Å². The summed E-state index contributed by atoms with van der Waals surface area (Å²) in [5.74, 6) is -0.782. The number of carboxylic acids is 1. The number of rotatable bonds is 3. The number of piperidine rings is 1. The fourth-order valence-corrected chi connectivity index (χ4v) is 5.31. The average molecular weight is 528 g/mol. The zero-order chi connectivity index (χ0) is 19.5. The van der Waals surface area contributed by atoms with Crippen molar-refractivity contribution in [3.63, 3.8) is 0 Å². The summed E-state index contributed by atoms with van der Waals surface area (Å²) in [5.41, 5.74) is 6.91. The van der Waals surface area contributed by atoms with E-state index in [-0.39, 0.29) is 42.5 Å². The van der Waals surface area contributed by atoms with Crippen molar-refractivity contribution in [1.82, 2.24) is 4.57 Å². The van der Waals surface area contributed by atoms with Crippen LogP contribution in [0, 0.1) is 5.92 Å². The van der Waals surface area contributed by atoms with Crippen molar-refractivity contribution >= 4 is 74.9 Å². The summed E-state index contributed by atoms with van der Waals surface area (Å²) >= 11 is 10.4. The largest absolute Gasteiger partial charge is 0.477 e. The molecule has 1 saturated carbocycles. The number of aromatic nitrogens is 1. The van der Waals surface area contributed by atoms with Crippen molar-refractivity contribution in [2.75, 3.05) is 18.0 Å². The standard InChI is InChI=1S/C19H21BrClN3O3.2ClH/c1-9-4-10(22)7-23(6-9)17-14(20)5-12-16(15(17)21)24(11-2-3-11)8-13(18(12)25)19(26)27;;/h5,8-11H,2-4,6-7,22H2,1H3,(H,26,27);2*1H/t9-,10-;;/m0../s1. The Kier molecular flexibility index (Phi) is 7.55. The SMILES string of the molecule is C[C@H]1C[C@H](N)CN(c2c(Br)cc3c(=O)c(C(=O)O)cn(C4CC4)c3c2Cl)C1.Cl.Cl. The number of anilines is 1. The lowest BCUT2D eigenvalue weighted by Gasteiger charge is -2.37. The van der Waals surface area contributed by atoms with Crippen LogP contribution in [0.4, 0.5) is 5.69 Å². The van der Waals surface area contributed by atoms with Crippen molar-refractivity contribution in [1.29, 1.82) is 0 Å². The second-order valence-corrected chi connectivity index (χ2v) is 8.97. The number of halogens is 4. The van der Waals surface area contributed by atoms with E-state index in [4.69, 9.17) is 17.3 Å². The molecule has 6 nitrogen and oxygen atoms in total. The van der Waals surface area contributed by atoms with Crippen molar-refractivity contribution in [2.45, 2.75) is 38.3 Å². The molecular formula is C19H23BrCl3N3O3. The van der Waals surface area contributed by atoms with Crippen LogP contribution in [0.2, 0.25) is 5.02 Å². The summed E-state index contributed by atoms with van der Waals surface area (Å²) in [7, 11) is 0. The minimum atomic E-state index is -1.22. The molecule has 1 saturated heterocycles. The van der Waals surface area contributed by atoms with Crippen LogP contribution in [0.1, 0.15) is 42.6 Å². The van der Waals surface area contributed by atoms with E-state index in [0.717, 1.165) is 31.5 Å². The molecule has 3 N–H and O–H groups in total. The van der Waals surface area contributed by atoms with E-state index < -0.39 is 11.4 Å². The van der Waals surface area contributed by atoms with Gasteiger partial charge in [-0.05, 0) is 47.2 Å². The van der Waals surface area contributed by atoms with Gasteiger partial charge in [0.25, 0.3) is 0 Å². The van der Waals surface area contributed by atoms with Crippen LogP contribution < -0.4 is 16.1 Å². The minimum absolute atomic E-state index is 0. The molecule has 1 aromatic carbocycles. The Bertz CT molecular complexity index is 1000. The molecule has 0 unspecified atom stereocenters. The Morgan fingerprint density at radius 3 is 2.52 bits per heavy atom. The predicted molar refractivity (Wildman–Crippen MR) is 125 cm³/mol. The van der Waals surface area contributed by atoms with Crippen molar-refractivity contribution < 1.29 is 9.90 Å². The molecule has 0 radical (unpaired) electrons. The summed E-state index contributed by atoms with van der Waals surface area (Å²) in [6, 6.07) is 1.95. The summed E-state index contributed by atoms with van der Waals surface area (Å²) < 4.78 is 2.55. The molecule has 4 rings (SSSR count). The van der Waals surface area contributed by atoms with Crippen LogP contribution in [0.15, 0.2) is 21.5 Å². The highest BCUT2D eigenvalue weighted by atomic mass is 79.9. The third-order valence-corrected chi connectivity index (χ3v) is 6.33. The van der Waals surface area contributed by atoms with Crippen molar-refractivity contribution in [3.05, 3.63) is 37.5 Å². The first-order chi connectivity index (χ1) is 12.8. The van der Waals surface area contributed by atoms with Gasteiger partial charge < -0.3 is 20.3 Å². The third kappa shape index (κ3) is 4.39. The van der Waals surface area contributed by atoms with Gasteiger partial charge in [0.05, 0.1) is 16.2 Å². The topological polar surface area (TPSA) is 88.6 Å². The van der Waals surface area contributed by atoms with E-state index in [9.17, 15) is 14.7 Å². The number of aromatic carboxylic acids is 1. The zero-order valence-electron chi connectivity index (χ0n) is 15.7. The number of hydrogen-bond acceptors (Lipinski definition) is 4. The van der Waals surface area contributed by atoms with Crippen LogP contribution in [0.5, 0.6) is 0 Å². The lowest BCUT2D eigenvalue weighted by Crippen LogP contribution is -2.46. The fourth-order valence-electron chi connectivity index (χ4n) is 4.10. The highest BCUT2D eigenvalue weighted by Crippen LogP contribution is 2.44. The number of nitrogens with two attached hydrogens (primary N) is 1. The molecule has 1 aliphatic heterocycles. The Balaban J connectivity index is 0.00000150. The van der Waals surface area contributed by atoms with E-state index in [0.29, 0.717) is 32.9 Å². The number of carboxylic acid groups (broad SMARTS) is 1. The monoisotopic (exact) mass is 525 g/mol. The maximum Gasteiger partial charge on any atom is 0.341 e. The molecule has 160 valence electrons. The van der Waals surface area contributed by atoms with Gasteiger partial charge in [0.1, 0.15) is 5.56 Å². The van der Waals surface area contributed by atoms with Gasteiger partial charge in [-0.2, -0.15) is 0 Å². The van der Waals surface area contributed by atoms with Crippen LogP contribution in [0.25, 0.3) is 10.9 Å². The summed E-state index contributed by atoms with van der Waals surface area (Å²) in [6.07, 6.45) is 4.31. The second kappa shape index (κ2) is 9.02. The highest BCUT2D eigenvalue weighted by molar-refractivity contribution is 9.10. The summed E-state index contributed by atoms with van der Waals surface area (Å²) in [5, 5.41) is 10.2. The number of nitrogens with zero attached hydrogens (tertiary/aromatic N) is 2. The maximum absolute atomic E-state index is 12.8. The fraction of sp³-hybridized carbons (Fsp3) is 0.474. The minimum Gasteiger partial charge on any atom is -0.477 e. The predicted octanol–water partition coefficient (Wildman–Crippen LogP) is 4.47. The molecule has 1 aliphatic carbocycles. The Hall–Kier alpha value is -0.990. The first-order valence-electron chi connectivity index (χ1n) is 9.08. The molecule has 2 aliphatic rings. The van der Waals surface area contributed by atoms with Gasteiger partial charge in [0.2, 0.25) is 5.43 Å². The molecule has 2 atom stereocenters. The van der Waals surface area contributed by atoms with E-state index in [1.165, 1.54) is 6.20 Å². The van der Waals surface area contributed by atoms with Crippen LogP contribution in [0.3, 0.4) is 0 Å². The van der Waals surface area contributed by atoms with Crippen molar-refractivity contribution in [3.8, 4) is 0 Å². The first-order valence-corrected chi connectivity index (χ1v) is 10.3.